The third kappa shape index (κ3) is 5.16. The molecule has 0 fully saturated rings. The first-order valence-electron chi connectivity index (χ1n) is 10.8. The number of carbonyl (C=O) groups is 1. The fourth-order valence-corrected chi connectivity index (χ4v) is 4.51. The Kier molecular flexibility index (Phi) is 7.22. The van der Waals surface area contributed by atoms with Crippen molar-refractivity contribution in [3.8, 4) is 11.1 Å². The van der Waals surface area contributed by atoms with Crippen LogP contribution in [0.5, 0.6) is 0 Å². The number of para-hydroxylation sites is 2. The van der Waals surface area contributed by atoms with Gasteiger partial charge in [0, 0.05) is 24.4 Å². The summed E-state index contributed by atoms with van der Waals surface area (Å²) < 4.78 is 1.55. The normalized spacial score (nSPS) is 11.9. The molecule has 1 atom stereocenters. The lowest BCUT2D eigenvalue weighted by atomic mass is 10.0. The van der Waals surface area contributed by atoms with Gasteiger partial charge in [0.15, 0.2) is 5.16 Å². The highest BCUT2D eigenvalue weighted by Gasteiger charge is 2.20. The van der Waals surface area contributed by atoms with Crippen molar-refractivity contribution in [3.63, 3.8) is 0 Å². The quantitative estimate of drug-likeness (QED) is 0.298. The van der Waals surface area contributed by atoms with E-state index in [-0.39, 0.29) is 18.1 Å². The highest BCUT2D eigenvalue weighted by atomic mass is 32.2. The highest BCUT2D eigenvalue weighted by molar-refractivity contribution is 8.00. The molecule has 6 nitrogen and oxygen atoms in total. The maximum Gasteiger partial charge on any atom is 0.262 e. The van der Waals surface area contributed by atoms with Crippen molar-refractivity contribution >= 4 is 34.3 Å². The number of anilines is 1. The Bertz CT molecular complexity index is 1320. The summed E-state index contributed by atoms with van der Waals surface area (Å²) in [6.45, 7) is 2.10. The molecule has 1 unspecified atom stereocenters. The molecule has 2 N–H and O–H groups in total. The molecule has 1 heterocycles. The zero-order chi connectivity index (χ0) is 23.2. The van der Waals surface area contributed by atoms with Gasteiger partial charge in [-0.05, 0) is 37.1 Å². The van der Waals surface area contributed by atoms with Crippen molar-refractivity contribution in [3.05, 3.63) is 89.2 Å². The van der Waals surface area contributed by atoms with Gasteiger partial charge in [-0.25, -0.2) is 4.98 Å². The molecule has 168 valence electrons. The monoisotopic (exact) mass is 459 g/mol. The van der Waals surface area contributed by atoms with Crippen molar-refractivity contribution in [1.82, 2.24) is 9.55 Å². The molecule has 0 aliphatic heterocycles. The second-order valence-corrected chi connectivity index (χ2v) is 8.91. The van der Waals surface area contributed by atoms with E-state index in [1.54, 1.807) is 29.7 Å². The Labute approximate surface area is 196 Å². The number of aromatic nitrogens is 2. The molecule has 7 heteroatoms. The molecule has 0 bridgehead atoms. The van der Waals surface area contributed by atoms with Gasteiger partial charge in [0.25, 0.3) is 5.56 Å². The summed E-state index contributed by atoms with van der Waals surface area (Å²) in [5.41, 5.74) is 3.10. The van der Waals surface area contributed by atoms with E-state index in [1.165, 1.54) is 11.8 Å². The predicted octanol–water partition coefficient (Wildman–Crippen LogP) is 4.57. The smallest absolute Gasteiger partial charge is 0.262 e. The van der Waals surface area contributed by atoms with Gasteiger partial charge in [0.05, 0.1) is 16.2 Å². The van der Waals surface area contributed by atoms with Crippen molar-refractivity contribution in [1.29, 1.82) is 0 Å². The van der Waals surface area contributed by atoms with E-state index in [1.807, 2.05) is 60.7 Å². The van der Waals surface area contributed by atoms with Crippen LogP contribution < -0.4 is 10.9 Å². The number of hydrogen-bond donors (Lipinski definition) is 2. The first-order valence-corrected chi connectivity index (χ1v) is 11.7. The molecular weight excluding hydrogens is 434 g/mol. The molecule has 0 radical (unpaired) electrons. The molecule has 0 spiro atoms. The van der Waals surface area contributed by atoms with E-state index in [0.717, 1.165) is 16.8 Å². The number of aliphatic hydroxyl groups is 1. The molecule has 1 amide bonds. The molecule has 0 saturated carbocycles. The van der Waals surface area contributed by atoms with Crippen molar-refractivity contribution in [2.75, 3.05) is 11.9 Å². The van der Waals surface area contributed by atoms with Crippen LogP contribution in [0.1, 0.15) is 13.3 Å². The van der Waals surface area contributed by atoms with Crippen LogP contribution in [0.2, 0.25) is 0 Å². The van der Waals surface area contributed by atoms with Crippen molar-refractivity contribution in [2.24, 2.45) is 0 Å². The molecule has 0 aliphatic carbocycles. The van der Waals surface area contributed by atoms with Crippen LogP contribution in [0.3, 0.4) is 0 Å². The lowest BCUT2D eigenvalue weighted by Crippen LogP contribution is -2.27. The van der Waals surface area contributed by atoms with Crippen LogP contribution in [-0.2, 0) is 11.3 Å². The van der Waals surface area contributed by atoms with Crippen molar-refractivity contribution < 1.29 is 9.90 Å². The van der Waals surface area contributed by atoms with Crippen LogP contribution in [0, 0.1) is 0 Å². The third-order valence-electron chi connectivity index (χ3n) is 5.29. The lowest BCUT2D eigenvalue weighted by Gasteiger charge is -2.17. The molecule has 1 aromatic heterocycles. The number of rotatable bonds is 8. The van der Waals surface area contributed by atoms with Crippen LogP contribution in [0.15, 0.2) is 88.8 Å². The van der Waals surface area contributed by atoms with Crippen LogP contribution in [-0.4, -0.2) is 32.4 Å². The van der Waals surface area contributed by atoms with Gasteiger partial charge < -0.3 is 10.4 Å². The third-order valence-corrected chi connectivity index (χ3v) is 6.38. The summed E-state index contributed by atoms with van der Waals surface area (Å²) in [5.74, 6) is -0.181. The molecule has 4 rings (SSSR count). The zero-order valence-electron chi connectivity index (χ0n) is 18.3. The SMILES string of the molecule is CC(Sc1nc2ccccc2c(=O)n1CCCO)C(=O)Nc1ccccc1-c1ccccc1. The fraction of sp³-hybridized carbons (Fsp3) is 0.192. The summed E-state index contributed by atoms with van der Waals surface area (Å²) in [7, 11) is 0. The summed E-state index contributed by atoms with van der Waals surface area (Å²) in [5, 5.41) is 12.8. The number of carbonyl (C=O) groups excluding carboxylic acids is 1. The van der Waals surface area contributed by atoms with Crippen molar-refractivity contribution in [2.45, 2.75) is 30.3 Å². The Hall–Kier alpha value is -3.42. The topological polar surface area (TPSA) is 84.2 Å². The molecule has 33 heavy (non-hydrogen) atoms. The number of hydrogen-bond acceptors (Lipinski definition) is 5. The first kappa shape index (κ1) is 22.8. The van der Waals surface area contributed by atoms with Gasteiger partial charge in [-0.3, -0.25) is 14.2 Å². The summed E-state index contributed by atoms with van der Waals surface area (Å²) >= 11 is 1.24. The van der Waals surface area contributed by atoms with E-state index in [9.17, 15) is 14.7 Å². The Morgan fingerprint density at radius 2 is 1.73 bits per heavy atom. The average Bonchev–Trinajstić information content (AvgIpc) is 2.84. The van der Waals surface area contributed by atoms with E-state index >= 15 is 0 Å². The molecule has 4 aromatic rings. The largest absolute Gasteiger partial charge is 0.396 e. The summed E-state index contributed by atoms with van der Waals surface area (Å²) in [6.07, 6.45) is 0.429. The number of aliphatic hydroxyl groups excluding tert-OH is 1. The van der Waals surface area contributed by atoms with Crippen LogP contribution >= 0.6 is 11.8 Å². The number of nitrogens with one attached hydrogen (secondary N) is 1. The highest BCUT2D eigenvalue weighted by Crippen LogP contribution is 2.29. The summed E-state index contributed by atoms with van der Waals surface area (Å²) in [4.78, 5) is 30.8. The second kappa shape index (κ2) is 10.5. The minimum Gasteiger partial charge on any atom is -0.396 e. The minimum absolute atomic E-state index is 0.0321. The fourth-order valence-electron chi connectivity index (χ4n) is 3.57. The Morgan fingerprint density at radius 1 is 1.03 bits per heavy atom. The van der Waals surface area contributed by atoms with Gasteiger partial charge in [0.2, 0.25) is 5.91 Å². The van der Waals surface area contributed by atoms with Gasteiger partial charge >= 0.3 is 0 Å². The molecule has 0 saturated heterocycles. The van der Waals surface area contributed by atoms with Gasteiger partial charge in [-0.15, -0.1) is 0 Å². The number of benzene rings is 3. The Morgan fingerprint density at radius 3 is 2.52 bits per heavy atom. The van der Waals surface area contributed by atoms with Gasteiger partial charge in [-0.1, -0.05) is 72.4 Å². The minimum atomic E-state index is -0.498. The van der Waals surface area contributed by atoms with Gasteiger partial charge in [-0.2, -0.15) is 0 Å². The molecular formula is C26H25N3O3S. The first-order chi connectivity index (χ1) is 16.1. The van der Waals surface area contributed by atoms with Crippen LogP contribution in [0.25, 0.3) is 22.0 Å². The van der Waals surface area contributed by atoms with E-state index < -0.39 is 5.25 Å². The lowest BCUT2D eigenvalue weighted by molar-refractivity contribution is -0.115. The number of fused-ring (bicyclic) bond motifs is 1. The second-order valence-electron chi connectivity index (χ2n) is 7.61. The Balaban J connectivity index is 1.60. The maximum absolute atomic E-state index is 13.1. The van der Waals surface area contributed by atoms with E-state index in [4.69, 9.17) is 0 Å². The van der Waals surface area contributed by atoms with E-state index in [0.29, 0.717) is 29.0 Å². The zero-order valence-corrected chi connectivity index (χ0v) is 19.1. The van der Waals surface area contributed by atoms with E-state index in [2.05, 4.69) is 10.3 Å². The number of thioether (sulfide) groups is 1. The number of nitrogens with zero attached hydrogens (tertiary/aromatic N) is 2. The summed E-state index contributed by atoms with van der Waals surface area (Å²) in [6, 6.07) is 24.7. The number of amides is 1. The van der Waals surface area contributed by atoms with Crippen LogP contribution in [0.4, 0.5) is 5.69 Å². The maximum atomic E-state index is 13.1. The average molecular weight is 460 g/mol. The molecule has 0 aliphatic rings. The predicted molar refractivity (Wildman–Crippen MR) is 134 cm³/mol. The standard InChI is InChI=1S/C26H25N3O3S/c1-18(24(31)27-22-14-7-5-12-20(22)19-10-3-2-4-11-19)33-26-28-23-15-8-6-13-21(23)25(32)29(26)16-9-17-30/h2-8,10-15,18,30H,9,16-17H2,1H3,(H,27,31). The van der Waals surface area contributed by atoms with Gasteiger partial charge in [0.1, 0.15) is 0 Å². The molecule has 3 aromatic carbocycles.